The number of nitrogens with zero attached hydrogens (tertiary/aromatic N) is 1. The summed E-state index contributed by atoms with van der Waals surface area (Å²) in [4.78, 5) is 16.9. The zero-order chi connectivity index (χ0) is 18.8. The summed E-state index contributed by atoms with van der Waals surface area (Å²) in [6.07, 6.45) is 0.916. The Balaban J connectivity index is 1.96. The summed E-state index contributed by atoms with van der Waals surface area (Å²) in [5.41, 5.74) is 2.93. The number of thiophene rings is 1. The van der Waals surface area contributed by atoms with Crippen LogP contribution in [0, 0.1) is 0 Å². The van der Waals surface area contributed by atoms with Gasteiger partial charge in [-0.25, -0.2) is 4.99 Å². The fourth-order valence-electron chi connectivity index (χ4n) is 2.31. The van der Waals surface area contributed by atoms with Gasteiger partial charge < -0.3 is 16.0 Å². The Bertz CT molecular complexity index is 712. The standard InChI is InChI=1S/C20H28N4OS/c1-4-15(3)24-19(25)18-8-6-7-16(11-18)12-22-20(21-5-2)23-13-17-9-10-26-14-17/h6-11,14-15H,4-5,12-13H2,1-3H3,(H,24,25)(H2,21,22,23). The van der Waals surface area contributed by atoms with E-state index in [0.29, 0.717) is 18.7 Å². The molecule has 0 fully saturated rings. The van der Waals surface area contributed by atoms with Crippen LogP contribution in [0.25, 0.3) is 0 Å². The Kier molecular flexibility index (Phi) is 8.15. The number of amides is 1. The molecule has 0 aliphatic carbocycles. The number of benzene rings is 1. The monoisotopic (exact) mass is 372 g/mol. The summed E-state index contributed by atoms with van der Waals surface area (Å²) >= 11 is 1.68. The molecule has 1 heterocycles. The van der Waals surface area contributed by atoms with Crippen LogP contribution in [0.15, 0.2) is 46.1 Å². The van der Waals surface area contributed by atoms with Crippen molar-refractivity contribution >= 4 is 23.2 Å². The first-order valence-electron chi connectivity index (χ1n) is 9.05. The third-order valence-corrected chi connectivity index (χ3v) is 4.72. The lowest BCUT2D eigenvalue weighted by Crippen LogP contribution is -2.37. The molecule has 3 N–H and O–H groups in total. The van der Waals surface area contributed by atoms with E-state index >= 15 is 0 Å². The van der Waals surface area contributed by atoms with Crippen LogP contribution in [0.2, 0.25) is 0 Å². The fourth-order valence-corrected chi connectivity index (χ4v) is 2.97. The number of aliphatic imine (C=N–C) groups is 1. The lowest BCUT2D eigenvalue weighted by atomic mass is 10.1. The summed E-state index contributed by atoms with van der Waals surface area (Å²) in [7, 11) is 0. The van der Waals surface area contributed by atoms with Crippen LogP contribution in [0.3, 0.4) is 0 Å². The predicted molar refractivity (Wildman–Crippen MR) is 110 cm³/mol. The average molecular weight is 373 g/mol. The quantitative estimate of drug-likeness (QED) is 0.491. The van der Waals surface area contributed by atoms with Gasteiger partial charge in [0.15, 0.2) is 5.96 Å². The van der Waals surface area contributed by atoms with Gasteiger partial charge in [0.1, 0.15) is 0 Å². The number of carbonyl (C=O) groups excluding carboxylic acids is 1. The Morgan fingerprint density at radius 2 is 2.04 bits per heavy atom. The highest BCUT2D eigenvalue weighted by molar-refractivity contribution is 7.07. The molecule has 0 aliphatic heterocycles. The van der Waals surface area contributed by atoms with Crippen molar-refractivity contribution in [1.82, 2.24) is 16.0 Å². The minimum absolute atomic E-state index is 0.0285. The van der Waals surface area contributed by atoms with Gasteiger partial charge in [0.2, 0.25) is 0 Å². The smallest absolute Gasteiger partial charge is 0.251 e. The molecule has 0 saturated carbocycles. The third kappa shape index (κ3) is 6.52. The average Bonchev–Trinajstić information content (AvgIpc) is 3.17. The maximum atomic E-state index is 12.3. The lowest BCUT2D eigenvalue weighted by molar-refractivity contribution is 0.0939. The van der Waals surface area contributed by atoms with E-state index in [1.807, 2.05) is 38.1 Å². The fraction of sp³-hybridized carbons (Fsp3) is 0.400. The largest absolute Gasteiger partial charge is 0.357 e. The van der Waals surface area contributed by atoms with E-state index < -0.39 is 0 Å². The minimum atomic E-state index is -0.0285. The molecule has 140 valence electrons. The molecular weight excluding hydrogens is 344 g/mol. The van der Waals surface area contributed by atoms with E-state index in [1.165, 1.54) is 5.56 Å². The zero-order valence-corrected chi connectivity index (χ0v) is 16.5. The van der Waals surface area contributed by atoms with Gasteiger partial charge in [-0.05, 0) is 60.4 Å². The first-order valence-corrected chi connectivity index (χ1v) is 9.99. The third-order valence-electron chi connectivity index (χ3n) is 3.98. The van der Waals surface area contributed by atoms with E-state index in [1.54, 1.807) is 11.3 Å². The Labute approximate surface area is 159 Å². The first-order chi connectivity index (χ1) is 12.6. The van der Waals surface area contributed by atoms with Gasteiger partial charge in [-0.1, -0.05) is 19.1 Å². The van der Waals surface area contributed by atoms with Crippen LogP contribution in [0.4, 0.5) is 0 Å². The van der Waals surface area contributed by atoms with Crippen LogP contribution < -0.4 is 16.0 Å². The van der Waals surface area contributed by atoms with Crippen molar-refractivity contribution in [3.63, 3.8) is 0 Å². The maximum absolute atomic E-state index is 12.3. The number of carbonyl (C=O) groups is 1. The summed E-state index contributed by atoms with van der Waals surface area (Å²) in [5, 5.41) is 13.7. The number of hydrogen-bond acceptors (Lipinski definition) is 3. The molecule has 0 spiro atoms. The Hall–Kier alpha value is -2.34. The topological polar surface area (TPSA) is 65.5 Å². The minimum Gasteiger partial charge on any atom is -0.357 e. The van der Waals surface area contributed by atoms with Crippen LogP contribution in [-0.4, -0.2) is 24.5 Å². The normalized spacial score (nSPS) is 12.5. The molecule has 0 bridgehead atoms. The van der Waals surface area contributed by atoms with E-state index in [4.69, 9.17) is 0 Å². The van der Waals surface area contributed by atoms with Crippen molar-refractivity contribution in [3.8, 4) is 0 Å². The van der Waals surface area contributed by atoms with Crippen molar-refractivity contribution in [2.24, 2.45) is 4.99 Å². The predicted octanol–water partition coefficient (Wildman–Crippen LogP) is 3.53. The van der Waals surface area contributed by atoms with Crippen LogP contribution in [0.5, 0.6) is 0 Å². The summed E-state index contributed by atoms with van der Waals surface area (Å²) in [6.45, 7) is 8.17. The van der Waals surface area contributed by atoms with Crippen molar-refractivity contribution in [3.05, 3.63) is 57.8 Å². The molecule has 1 atom stereocenters. The van der Waals surface area contributed by atoms with E-state index in [-0.39, 0.29) is 11.9 Å². The van der Waals surface area contributed by atoms with Crippen molar-refractivity contribution in [1.29, 1.82) is 0 Å². The van der Waals surface area contributed by atoms with Gasteiger partial charge in [0, 0.05) is 24.7 Å². The second-order valence-electron chi connectivity index (χ2n) is 6.16. The van der Waals surface area contributed by atoms with Gasteiger partial charge in [-0.15, -0.1) is 0 Å². The van der Waals surface area contributed by atoms with Crippen LogP contribution in [-0.2, 0) is 13.1 Å². The Morgan fingerprint density at radius 1 is 1.19 bits per heavy atom. The summed E-state index contributed by atoms with van der Waals surface area (Å²) in [5.74, 6) is 0.743. The molecule has 0 radical (unpaired) electrons. The molecule has 1 aromatic heterocycles. The zero-order valence-electron chi connectivity index (χ0n) is 15.7. The Morgan fingerprint density at radius 3 is 2.73 bits per heavy atom. The second-order valence-corrected chi connectivity index (χ2v) is 6.94. The lowest BCUT2D eigenvalue weighted by Gasteiger charge is -2.13. The highest BCUT2D eigenvalue weighted by Gasteiger charge is 2.09. The molecule has 26 heavy (non-hydrogen) atoms. The highest BCUT2D eigenvalue weighted by atomic mass is 32.1. The maximum Gasteiger partial charge on any atom is 0.251 e. The molecule has 6 heteroatoms. The van der Waals surface area contributed by atoms with Crippen molar-refractivity contribution in [2.45, 2.75) is 46.3 Å². The second kappa shape index (κ2) is 10.6. The molecule has 0 aliphatic rings. The molecule has 1 aromatic carbocycles. The first kappa shape index (κ1) is 20.0. The summed E-state index contributed by atoms with van der Waals surface area (Å²) in [6, 6.07) is 9.95. The molecule has 5 nitrogen and oxygen atoms in total. The molecule has 2 aromatic rings. The number of nitrogens with one attached hydrogen (secondary N) is 3. The highest BCUT2D eigenvalue weighted by Crippen LogP contribution is 2.08. The molecular formula is C20H28N4OS. The molecule has 1 unspecified atom stereocenters. The van der Waals surface area contributed by atoms with Gasteiger partial charge in [-0.3, -0.25) is 4.79 Å². The number of guanidine groups is 1. The van der Waals surface area contributed by atoms with Crippen LogP contribution >= 0.6 is 11.3 Å². The molecule has 1 amide bonds. The van der Waals surface area contributed by atoms with Crippen molar-refractivity contribution < 1.29 is 4.79 Å². The van der Waals surface area contributed by atoms with Gasteiger partial charge >= 0.3 is 0 Å². The van der Waals surface area contributed by atoms with Crippen LogP contribution in [0.1, 0.15) is 48.7 Å². The van der Waals surface area contributed by atoms with Gasteiger partial charge in [-0.2, -0.15) is 11.3 Å². The van der Waals surface area contributed by atoms with Crippen molar-refractivity contribution in [2.75, 3.05) is 6.54 Å². The van der Waals surface area contributed by atoms with Gasteiger partial charge in [0.25, 0.3) is 5.91 Å². The molecule has 0 saturated heterocycles. The number of rotatable bonds is 8. The molecule has 2 rings (SSSR count). The van der Waals surface area contributed by atoms with E-state index in [0.717, 1.165) is 24.5 Å². The number of hydrogen-bond donors (Lipinski definition) is 3. The summed E-state index contributed by atoms with van der Waals surface area (Å²) < 4.78 is 0. The van der Waals surface area contributed by atoms with E-state index in [9.17, 15) is 4.79 Å². The van der Waals surface area contributed by atoms with E-state index in [2.05, 4.69) is 44.7 Å². The van der Waals surface area contributed by atoms with Gasteiger partial charge in [0.05, 0.1) is 6.54 Å². The SMILES string of the molecule is CCNC(=NCc1ccsc1)NCc1cccc(C(=O)NC(C)CC)c1.